The number of hydrogen-bond acceptors (Lipinski definition) is 4. The van der Waals surface area contributed by atoms with E-state index in [0.29, 0.717) is 5.56 Å². The smallest absolute Gasteiger partial charge is 0.338 e. The van der Waals surface area contributed by atoms with E-state index in [4.69, 9.17) is 9.84 Å². The molecule has 0 unspecified atom stereocenters. The highest BCUT2D eigenvalue weighted by molar-refractivity contribution is 5.95. The van der Waals surface area contributed by atoms with Gasteiger partial charge in [-0.1, -0.05) is 0 Å². The van der Waals surface area contributed by atoms with Crippen molar-refractivity contribution in [2.75, 3.05) is 18.5 Å². The molecule has 1 aromatic rings. The number of rotatable bonds is 7. The zero-order valence-electron chi connectivity index (χ0n) is 12.9. The van der Waals surface area contributed by atoms with E-state index < -0.39 is 23.8 Å². The third-order valence-corrected chi connectivity index (χ3v) is 2.91. The molecule has 0 heterocycles. The summed E-state index contributed by atoms with van der Waals surface area (Å²) in [4.78, 5) is 33.8. The first-order valence-corrected chi connectivity index (χ1v) is 7.09. The van der Waals surface area contributed by atoms with Gasteiger partial charge in [-0.25, -0.2) is 14.0 Å². The summed E-state index contributed by atoms with van der Waals surface area (Å²) in [7, 11) is 0. The van der Waals surface area contributed by atoms with Crippen LogP contribution in [0.25, 0.3) is 0 Å². The number of amides is 2. The van der Waals surface area contributed by atoms with Crippen LogP contribution < -0.4 is 10.6 Å². The molecule has 0 saturated carbocycles. The van der Waals surface area contributed by atoms with Crippen molar-refractivity contribution in [2.24, 2.45) is 0 Å². The lowest BCUT2D eigenvalue weighted by Gasteiger charge is -2.11. The molecule has 2 amide bonds. The fourth-order valence-corrected chi connectivity index (χ4v) is 1.81. The Hall–Kier alpha value is -2.64. The molecule has 0 radical (unpaired) electrons. The van der Waals surface area contributed by atoms with Gasteiger partial charge in [-0.15, -0.1) is 0 Å². The third-order valence-electron chi connectivity index (χ3n) is 2.91. The van der Waals surface area contributed by atoms with Crippen molar-refractivity contribution in [2.45, 2.75) is 26.7 Å². The van der Waals surface area contributed by atoms with Crippen molar-refractivity contribution < 1.29 is 28.6 Å². The van der Waals surface area contributed by atoms with E-state index in [-0.39, 0.29) is 37.2 Å². The van der Waals surface area contributed by atoms with E-state index in [1.54, 1.807) is 13.8 Å². The largest absolute Gasteiger partial charge is 0.481 e. The number of carboxylic acid groups (broad SMARTS) is 1. The standard InChI is InChI=1S/C15H19FN2O5/c1-3-23-14(21)10-8-12(11(16)7-9(10)2)18-15(22)17-6-4-5-13(19)20/h7-8H,3-6H2,1-2H3,(H,19,20)(H2,17,18,22). The maximum atomic E-state index is 13.9. The first-order valence-electron chi connectivity index (χ1n) is 7.09. The molecule has 0 atom stereocenters. The number of hydrogen-bond donors (Lipinski definition) is 3. The fraction of sp³-hybridized carbons (Fsp3) is 0.400. The lowest BCUT2D eigenvalue weighted by Crippen LogP contribution is -2.30. The molecule has 0 aliphatic rings. The van der Waals surface area contributed by atoms with Crippen molar-refractivity contribution >= 4 is 23.7 Å². The second kappa shape index (κ2) is 8.72. The Morgan fingerprint density at radius 3 is 2.61 bits per heavy atom. The number of nitrogens with one attached hydrogen (secondary N) is 2. The van der Waals surface area contributed by atoms with Gasteiger partial charge in [0.05, 0.1) is 17.9 Å². The van der Waals surface area contributed by atoms with Crippen LogP contribution in [0.3, 0.4) is 0 Å². The van der Waals surface area contributed by atoms with Crippen LogP contribution in [0.5, 0.6) is 0 Å². The van der Waals surface area contributed by atoms with E-state index in [0.717, 1.165) is 6.07 Å². The van der Waals surface area contributed by atoms with Crippen LogP contribution in [-0.4, -0.2) is 36.2 Å². The Bertz CT molecular complexity index is 604. The van der Waals surface area contributed by atoms with E-state index in [1.165, 1.54) is 6.07 Å². The van der Waals surface area contributed by atoms with Crippen LogP contribution in [-0.2, 0) is 9.53 Å². The molecule has 0 fully saturated rings. The van der Waals surface area contributed by atoms with E-state index in [9.17, 15) is 18.8 Å². The molecule has 3 N–H and O–H groups in total. The number of aliphatic carboxylic acids is 1. The molecular formula is C15H19FN2O5. The lowest BCUT2D eigenvalue weighted by molar-refractivity contribution is -0.137. The van der Waals surface area contributed by atoms with Gasteiger partial charge in [-0.05, 0) is 38.0 Å². The van der Waals surface area contributed by atoms with Crippen LogP contribution in [0.2, 0.25) is 0 Å². The van der Waals surface area contributed by atoms with Gasteiger partial charge >= 0.3 is 18.0 Å². The highest BCUT2D eigenvalue weighted by atomic mass is 19.1. The van der Waals surface area contributed by atoms with Crippen molar-refractivity contribution in [3.05, 3.63) is 29.1 Å². The molecule has 0 saturated heterocycles. The molecule has 1 aromatic carbocycles. The first kappa shape index (κ1) is 18.4. The summed E-state index contributed by atoms with van der Waals surface area (Å²) in [5.41, 5.74) is 0.400. The van der Waals surface area contributed by atoms with Crippen LogP contribution >= 0.6 is 0 Å². The molecule has 23 heavy (non-hydrogen) atoms. The fourth-order valence-electron chi connectivity index (χ4n) is 1.81. The summed E-state index contributed by atoms with van der Waals surface area (Å²) < 4.78 is 18.7. The van der Waals surface area contributed by atoms with Gasteiger partial charge in [0.25, 0.3) is 0 Å². The van der Waals surface area contributed by atoms with E-state index >= 15 is 0 Å². The molecule has 126 valence electrons. The Morgan fingerprint density at radius 1 is 1.30 bits per heavy atom. The highest BCUT2D eigenvalue weighted by Gasteiger charge is 2.15. The molecule has 0 spiro atoms. The Kier molecular flexibility index (Phi) is 6.98. The third kappa shape index (κ3) is 5.93. The second-order valence-electron chi connectivity index (χ2n) is 4.75. The lowest BCUT2D eigenvalue weighted by atomic mass is 10.1. The van der Waals surface area contributed by atoms with Gasteiger partial charge in [0.1, 0.15) is 5.82 Å². The van der Waals surface area contributed by atoms with E-state index in [1.807, 2.05) is 0 Å². The first-order chi connectivity index (χ1) is 10.8. The number of carbonyl (C=O) groups is 3. The number of halogens is 1. The zero-order valence-corrected chi connectivity index (χ0v) is 12.9. The molecule has 7 nitrogen and oxygen atoms in total. The molecule has 0 aliphatic carbocycles. The number of aryl methyl sites for hydroxylation is 1. The zero-order chi connectivity index (χ0) is 17.4. The molecular weight excluding hydrogens is 307 g/mol. The van der Waals surface area contributed by atoms with E-state index in [2.05, 4.69) is 10.6 Å². The monoisotopic (exact) mass is 326 g/mol. The van der Waals surface area contributed by atoms with Gasteiger partial charge in [0.15, 0.2) is 0 Å². The molecule has 8 heteroatoms. The Labute approximate surface area is 132 Å². The minimum atomic E-state index is -0.962. The van der Waals surface area contributed by atoms with Crippen molar-refractivity contribution in [1.29, 1.82) is 0 Å². The number of carboxylic acids is 1. The topological polar surface area (TPSA) is 105 Å². The van der Waals surface area contributed by atoms with Crippen LogP contribution in [0, 0.1) is 12.7 Å². The summed E-state index contributed by atoms with van der Waals surface area (Å²) in [6, 6.07) is 1.65. The number of esters is 1. The SMILES string of the molecule is CCOC(=O)c1cc(NC(=O)NCCCC(=O)O)c(F)cc1C. The second-order valence-corrected chi connectivity index (χ2v) is 4.75. The molecule has 0 bridgehead atoms. The molecule has 0 aliphatic heterocycles. The maximum absolute atomic E-state index is 13.9. The van der Waals surface area contributed by atoms with Crippen LogP contribution in [0.4, 0.5) is 14.9 Å². The predicted molar refractivity (Wildman–Crippen MR) is 81.0 cm³/mol. The van der Waals surface area contributed by atoms with Gasteiger partial charge in [-0.2, -0.15) is 0 Å². The average Bonchev–Trinajstić information content (AvgIpc) is 2.46. The number of ether oxygens (including phenoxy) is 1. The maximum Gasteiger partial charge on any atom is 0.338 e. The van der Waals surface area contributed by atoms with Crippen molar-refractivity contribution in [3.8, 4) is 0 Å². The van der Waals surface area contributed by atoms with Gasteiger partial charge in [0.2, 0.25) is 0 Å². The van der Waals surface area contributed by atoms with Crippen LogP contribution in [0.15, 0.2) is 12.1 Å². The minimum Gasteiger partial charge on any atom is -0.481 e. The summed E-state index contributed by atoms with van der Waals surface area (Å²) in [6.07, 6.45) is 0.180. The van der Waals surface area contributed by atoms with Gasteiger partial charge in [-0.3, -0.25) is 4.79 Å². The van der Waals surface area contributed by atoms with Crippen molar-refractivity contribution in [3.63, 3.8) is 0 Å². The molecule has 0 aromatic heterocycles. The number of urea groups is 1. The molecule has 1 rings (SSSR count). The number of benzene rings is 1. The average molecular weight is 326 g/mol. The van der Waals surface area contributed by atoms with Crippen molar-refractivity contribution in [1.82, 2.24) is 5.32 Å². The number of carbonyl (C=O) groups excluding carboxylic acids is 2. The summed E-state index contributed by atoms with van der Waals surface area (Å²) in [6.45, 7) is 3.53. The minimum absolute atomic E-state index is 0.0772. The summed E-state index contributed by atoms with van der Waals surface area (Å²) in [5.74, 6) is -2.25. The summed E-state index contributed by atoms with van der Waals surface area (Å²) in [5, 5.41) is 13.2. The quantitative estimate of drug-likeness (QED) is 0.527. The predicted octanol–water partition coefficient (Wildman–Crippen LogP) is 2.30. The number of anilines is 1. The highest BCUT2D eigenvalue weighted by Crippen LogP contribution is 2.20. The van der Waals surface area contributed by atoms with Gasteiger partial charge < -0.3 is 20.5 Å². The Morgan fingerprint density at radius 2 is 2.00 bits per heavy atom. The normalized spacial score (nSPS) is 10.0. The Balaban J connectivity index is 2.72. The van der Waals surface area contributed by atoms with Gasteiger partial charge in [0, 0.05) is 13.0 Å². The van der Waals surface area contributed by atoms with Crippen LogP contribution in [0.1, 0.15) is 35.7 Å². The summed E-state index contributed by atoms with van der Waals surface area (Å²) >= 11 is 0.